The highest BCUT2D eigenvalue weighted by Gasteiger charge is 2.38. The molecule has 9 heteroatoms. The summed E-state index contributed by atoms with van der Waals surface area (Å²) >= 11 is 3.13. The molecule has 22 heavy (non-hydrogen) atoms. The summed E-state index contributed by atoms with van der Waals surface area (Å²) in [4.78, 5) is 15.4. The van der Waals surface area contributed by atoms with Gasteiger partial charge in [-0.25, -0.2) is 4.98 Å². The Morgan fingerprint density at radius 2 is 2.14 bits per heavy atom. The average molecular weight is 379 g/mol. The predicted molar refractivity (Wildman–Crippen MR) is 74.6 cm³/mol. The fourth-order valence-corrected chi connectivity index (χ4v) is 2.03. The van der Waals surface area contributed by atoms with E-state index in [2.05, 4.69) is 30.6 Å². The van der Waals surface area contributed by atoms with Gasteiger partial charge in [-0.2, -0.15) is 13.2 Å². The third-order valence-corrected chi connectivity index (χ3v) is 3.20. The van der Waals surface area contributed by atoms with Crippen molar-refractivity contribution in [2.24, 2.45) is 0 Å². The smallest absolute Gasteiger partial charge is 0.469 e. The van der Waals surface area contributed by atoms with E-state index in [1.165, 1.54) is 18.2 Å². The van der Waals surface area contributed by atoms with Crippen LogP contribution in [0, 0.1) is 0 Å². The Morgan fingerprint density at radius 1 is 1.45 bits per heavy atom. The summed E-state index contributed by atoms with van der Waals surface area (Å²) in [6.45, 7) is 1.57. The van der Waals surface area contributed by atoms with Gasteiger partial charge < -0.3 is 9.52 Å². The Hall–Kier alpha value is -2.03. The van der Waals surface area contributed by atoms with Crippen LogP contribution in [-0.2, 0) is 12.6 Å². The number of nitrogens with zero attached hydrogens (tertiary/aromatic N) is 1. The average Bonchev–Trinajstić information content (AvgIpc) is 2.84. The van der Waals surface area contributed by atoms with Gasteiger partial charge in [0.2, 0.25) is 5.88 Å². The molecule has 0 spiro atoms. The molecule has 0 fully saturated rings. The van der Waals surface area contributed by atoms with Gasteiger partial charge in [-0.15, -0.1) is 0 Å². The lowest BCUT2D eigenvalue weighted by atomic mass is 10.2. The summed E-state index contributed by atoms with van der Waals surface area (Å²) in [5.74, 6) is -2.94. The maximum Gasteiger partial charge on any atom is 0.469 e. The number of benzene rings is 1. The summed E-state index contributed by atoms with van der Waals surface area (Å²) in [7, 11) is 0. The zero-order chi connectivity index (χ0) is 16.5. The Balaban J connectivity index is 2.32. The first kappa shape index (κ1) is 16.3. The van der Waals surface area contributed by atoms with Gasteiger partial charge in [0.1, 0.15) is 11.4 Å². The maximum atomic E-state index is 12.6. The number of aromatic hydroxyl groups is 1. The number of carbonyl (C=O) groups excluding carboxylic acids is 1. The van der Waals surface area contributed by atoms with Crippen LogP contribution in [0.4, 0.5) is 19.1 Å². The number of carbonyl (C=O) groups is 1. The second-order valence-corrected chi connectivity index (χ2v) is 5.18. The van der Waals surface area contributed by atoms with E-state index in [1.807, 2.05) is 0 Å². The van der Waals surface area contributed by atoms with Gasteiger partial charge in [0.05, 0.1) is 5.56 Å². The first-order chi connectivity index (χ1) is 10.2. The number of rotatable bonds is 3. The van der Waals surface area contributed by atoms with E-state index in [9.17, 15) is 23.1 Å². The lowest BCUT2D eigenvalue weighted by Crippen LogP contribution is -2.12. The summed E-state index contributed by atoms with van der Waals surface area (Å²) in [5.41, 5.74) is -0.142. The van der Waals surface area contributed by atoms with Crippen molar-refractivity contribution in [2.75, 3.05) is 5.32 Å². The normalized spacial score (nSPS) is 11.5. The minimum absolute atomic E-state index is 0.0323. The fraction of sp³-hybridized carbons (Fsp3) is 0.231. The first-order valence-corrected chi connectivity index (χ1v) is 6.88. The summed E-state index contributed by atoms with van der Waals surface area (Å²) in [5, 5.41) is 11.8. The second kappa shape index (κ2) is 5.99. The quantitative estimate of drug-likeness (QED) is 0.846. The third-order valence-electron chi connectivity index (χ3n) is 2.71. The summed E-state index contributed by atoms with van der Waals surface area (Å²) < 4.78 is 42.8. The highest BCUT2D eigenvalue weighted by molar-refractivity contribution is 9.10. The number of halogens is 4. The molecule has 0 saturated carbocycles. The molecule has 1 aromatic carbocycles. The lowest BCUT2D eigenvalue weighted by molar-refractivity contribution is -0.156. The molecular formula is C13H10BrF3N2O3. The number of anilines is 1. The van der Waals surface area contributed by atoms with E-state index in [4.69, 9.17) is 0 Å². The molecule has 2 rings (SSSR count). The van der Waals surface area contributed by atoms with Crippen LogP contribution in [0.2, 0.25) is 0 Å². The SMILES string of the molecule is CCc1nc(C(F)(F)F)oc1NC(=O)c1cc(Br)ccc1O. The van der Waals surface area contributed by atoms with E-state index >= 15 is 0 Å². The zero-order valence-corrected chi connectivity index (χ0v) is 12.7. The molecular weight excluding hydrogens is 369 g/mol. The highest BCUT2D eigenvalue weighted by atomic mass is 79.9. The van der Waals surface area contributed by atoms with Crippen molar-refractivity contribution >= 4 is 27.7 Å². The van der Waals surface area contributed by atoms with E-state index in [0.717, 1.165) is 0 Å². The van der Waals surface area contributed by atoms with Crippen LogP contribution in [0.15, 0.2) is 27.1 Å². The molecule has 0 radical (unpaired) electrons. The lowest BCUT2D eigenvalue weighted by Gasteiger charge is -2.06. The van der Waals surface area contributed by atoms with Crippen molar-refractivity contribution < 1.29 is 27.5 Å². The van der Waals surface area contributed by atoms with Crippen LogP contribution >= 0.6 is 15.9 Å². The Labute approximate surface area is 131 Å². The molecule has 0 bridgehead atoms. The van der Waals surface area contributed by atoms with Crippen molar-refractivity contribution in [3.8, 4) is 5.75 Å². The van der Waals surface area contributed by atoms with Gasteiger partial charge in [-0.1, -0.05) is 22.9 Å². The minimum Gasteiger partial charge on any atom is -0.507 e. The topological polar surface area (TPSA) is 75.4 Å². The van der Waals surface area contributed by atoms with Gasteiger partial charge in [0.15, 0.2) is 0 Å². The van der Waals surface area contributed by atoms with Gasteiger partial charge in [0.25, 0.3) is 5.91 Å². The molecule has 0 atom stereocenters. The van der Waals surface area contributed by atoms with E-state index in [0.29, 0.717) is 4.47 Å². The van der Waals surface area contributed by atoms with Crippen molar-refractivity contribution in [3.05, 3.63) is 39.8 Å². The largest absolute Gasteiger partial charge is 0.507 e. The molecule has 0 aliphatic heterocycles. The maximum absolute atomic E-state index is 12.6. The summed E-state index contributed by atoms with van der Waals surface area (Å²) in [6.07, 6.45) is -4.61. The fourth-order valence-electron chi connectivity index (χ4n) is 1.67. The van der Waals surface area contributed by atoms with E-state index < -0.39 is 18.0 Å². The van der Waals surface area contributed by atoms with Gasteiger partial charge in [-0.3, -0.25) is 10.1 Å². The molecule has 1 aromatic heterocycles. The van der Waals surface area contributed by atoms with Crippen molar-refractivity contribution in [2.45, 2.75) is 19.5 Å². The number of aryl methyl sites for hydroxylation is 1. The van der Waals surface area contributed by atoms with E-state index in [1.54, 1.807) is 6.92 Å². The van der Waals surface area contributed by atoms with Crippen molar-refractivity contribution in [1.82, 2.24) is 4.98 Å². The standard InChI is InChI=1S/C13H10BrF3N2O3/c1-2-8-11(22-12(18-8)13(15,16)17)19-10(21)7-5-6(14)3-4-9(7)20/h3-5,20H,2H2,1H3,(H,19,21). The van der Waals surface area contributed by atoms with Crippen molar-refractivity contribution in [3.63, 3.8) is 0 Å². The number of phenols is 1. The zero-order valence-electron chi connectivity index (χ0n) is 11.2. The molecule has 0 saturated heterocycles. The van der Waals surface area contributed by atoms with Crippen LogP contribution in [-0.4, -0.2) is 16.0 Å². The number of aromatic nitrogens is 1. The number of nitrogens with one attached hydrogen (secondary N) is 1. The van der Waals surface area contributed by atoms with Crippen LogP contribution < -0.4 is 5.32 Å². The number of hydrogen-bond donors (Lipinski definition) is 2. The molecule has 0 unspecified atom stereocenters. The predicted octanol–water partition coefficient (Wildman–Crippen LogP) is 3.98. The highest BCUT2D eigenvalue weighted by Crippen LogP contribution is 2.32. The third kappa shape index (κ3) is 3.41. The number of phenolic OH excluding ortho intramolecular Hbond substituents is 1. The van der Waals surface area contributed by atoms with Gasteiger partial charge in [0, 0.05) is 4.47 Å². The van der Waals surface area contributed by atoms with E-state index in [-0.39, 0.29) is 29.3 Å². The Bertz CT molecular complexity index is 713. The van der Waals surface area contributed by atoms with Crippen LogP contribution in [0.3, 0.4) is 0 Å². The number of hydrogen-bond acceptors (Lipinski definition) is 4. The molecule has 0 aliphatic carbocycles. The number of oxazole rings is 1. The Kier molecular flexibility index (Phi) is 4.45. The molecule has 1 heterocycles. The van der Waals surface area contributed by atoms with Crippen LogP contribution in [0.1, 0.15) is 28.9 Å². The molecule has 2 aromatic rings. The van der Waals surface area contributed by atoms with Crippen LogP contribution in [0.5, 0.6) is 5.75 Å². The number of alkyl halides is 3. The number of amides is 1. The van der Waals surface area contributed by atoms with Gasteiger partial charge in [-0.05, 0) is 24.6 Å². The first-order valence-electron chi connectivity index (χ1n) is 6.09. The molecule has 2 N–H and O–H groups in total. The molecule has 118 valence electrons. The van der Waals surface area contributed by atoms with Crippen LogP contribution in [0.25, 0.3) is 0 Å². The monoisotopic (exact) mass is 378 g/mol. The van der Waals surface area contributed by atoms with Gasteiger partial charge >= 0.3 is 12.1 Å². The Morgan fingerprint density at radius 3 is 2.73 bits per heavy atom. The second-order valence-electron chi connectivity index (χ2n) is 4.26. The molecule has 5 nitrogen and oxygen atoms in total. The minimum atomic E-state index is -4.75. The molecule has 1 amide bonds. The summed E-state index contributed by atoms with van der Waals surface area (Å²) in [6, 6.07) is 4.12. The molecule has 0 aliphatic rings. The van der Waals surface area contributed by atoms with Crippen molar-refractivity contribution in [1.29, 1.82) is 0 Å².